The Morgan fingerprint density at radius 1 is 0.800 bits per heavy atom. The molecule has 0 aliphatic carbocycles. The highest BCUT2D eigenvalue weighted by Gasteiger charge is 2.20. The van der Waals surface area contributed by atoms with Crippen molar-refractivity contribution in [1.29, 1.82) is 5.26 Å². The van der Waals surface area contributed by atoms with Crippen molar-refractivity contribution in [2.75, 3.05) is 13.2 Å². The number of aromatic nitrogens is 3. The molecule has 6 N–H and O–H groups in total. The maximum absolute atomic E-state index is 13.2. The Bertz CT molecular complexity index is 2660. The zero-order valence-corrected chi connectivity index (χ0v) is 33.3. The lowest BCUT2D eigenvalue weighted by Crippen LogP contribution is -2.40. The molecule has 16 heteroatoms. The van der Waals surface area contributed by atoms with Gasteiger partial charge in [-0.3, -0.25) is 34.4 Å². The summed E-state index contributed by atoms with van der Waals surface area (Å²) in [6, 6.07) is 20.1. The summed E-state index contributed by atoms with van der Waals surface area (Å²) in [5, 5.41) is 52.5. The van der Waals surface area contributed by atoms with Crippen molar-refractivity contribution >= 4 is 29.2 Å². The van der Waals surface area contributed by atoms with Crippen molar-refractivity contribution in [3.63, 3.8) is 0 Å². The van der Waals surface area contributed by atoms with Crippen LogP contribution in [-0.2, 0) is 35.9 Å². The molecule has 6 aromatic rings. The van der Waals surface area contributed by atoms with E-state index in [0.29, 0.717) is 33.8 Å². The highest BCUT2D eigenvalue weighted by atomic mass is 35.5. The van der Waals surface area contributed by atoms with Crippen LogP contribution in [0.25, 0.3) is 27.9 Å². The molecule has 0 radical (unpaired) electrons. The van der Waals surface area contributed by atoms with Gasteiger partial charge in [0.25, 0.3) is 5.56 Å². The maximum Gasteiger partial charge on any atom is 0.323 e. The lowest BCUT2D eigenvalue weighted by molar-refractivity contribution is -0.141. The molecular weight excluding hydrogens is 792 g/mol. The zero-order chi connectivity index (χ0) is 42.9. The molecule has 0 bridgehead atoms. The van der Waals surface area contributed by atoms with Crippen molar-refractivity contribution in [2.45, 2.75) is 52.2 Å². The minimum Gasteiger partial charge on any atom is -0.488 e. The number of aliphatic hydroxyl groups is 2. The first kappa shape index (κ1) is 42.9. The number of aliphatic hydroxyl groups excluding tert-OH is 2. The number of aliphatic carboxylic acids is 2. The number of fused-ring (bicyclic) bond motifs is 1. The molecule has 3 heterocycles. The third-order valence-corrected chi connectivity index (χ3v) is 10.3. The van der Waals surface area contributed by atoms with E-state index in [-0.39, 0.29) is 42.4 Å². The molecule has 308 valence electrons. The van der Waals surface area contributed by atoms with Gasteiger partial charge >= 0.3 is 11.9 Å². The molecule has 3 aromatic heterocycles. The Balaban J connectivity index is 1.24. The number of carboxylic acid groups (broad SMARTS) is 2. The van der Waals surface area contributed by atoms with Crippen LogP contribution in [0.4, 0.5) is 0 Å². The van der Waals surface area contributed by atoms with E-state index in [1.165, 1.54) is 16.8 Å². The zero-order valence-electron chi connectivity index (χ0n) is 32.6. The number of pyridine rings is 2. The number of hydrogen-bond acceptors (Lipinski definition) is 12. The third kappa shape index (κ3) is 9.78. The van der Waals surface area contributed by atoms with Gasteiger partial charge in [-0.05, 0) is 77.1 Å². The molecular formula is C44H41ClN6O9. The van der Waals surface area contributed by atoms with Crippen LogP contribution in [0.1, 0.15) is 38.9 Å². The quantitative estimate of drug-likeness (QED) is 0.0685. The lowest BCUT2D eigenvalue weighted by Gasteiger charge is -2.19. The Labute approximate surface area is 349 Å². The van der Waals surface area contributed by atoms with Gasteiger partial charge < -0.3 is 29.9 Å². The Morgan fingerprint density at radius 3 is 2.13 bits per heavy atom. The van der Waals surface area contributed by atoms with E-state index < -0.39 is 37.2 Å². The van der Waals surface area contributed by atoms with E-state index in [9.17, 15) is 40.1 Å². The predicted octanol–water partition coefficient (Wildman–Crippen LogP) is 4.79. The standard InChI is InChI=1S/C44H41ClN6O9/c1-25-30(24-60-40-14-39(59-23-28-11-27(15-46)16-47-17-28)31(12-36(40)45)18-48-37(21-52)43(55)56)5-3-7-34(25)35-8-4-6-33(26(35)2)29-9-10-51-41(13-29)50-20-32(42(51)54)19-49-38(22-53)44(57)58/h3-14,16-17,20,37-38,48-49,52-53H,18-19,21-24H2,1-2H3,(H,55,56)(H,57,58). The van der Waals surface area contributed by atoms with Crippen molar-refractivity contribution in [2.24, 2.45) is 0 Å². The Hall–Kier alpha value is -6.67. The molecule has 2 unspecified atom stereocenters. The molecule has 0 spiro atoms. The fourth-order valence-corrected chi connectivity index (χ4v) is 6.84. The minimum atomic E-state index is -1.23. The van der Waals surface area contributed by atoms with Crippen LogP contribution < -0.4 is 25.7 Å². The van der Waals surface area contributed by atoms with Gasteiger partial charge in [0.1, 0.15) is 48.5 Å². The van der Waals surface area contributed by atoms with E-state index in [1.54, 1.807) is 30.6 Å². The number of benzene rings is 3. The first-order chi connectivity index (χ1) is 28.9. The second-order valence-corrected chi connectivity index (χ2v) is 14.3. The lowest BCUT2D eigenvalue weighted by atomic mass is 9.90. The van der Waals surface area contributed by atoms with Crippen LogP contribution in [0.5, 0.6) is 11.5 Å². The number of ether oxygens (including phenoxy) is 2. The van der Waals surface area contributed by atoms with Gasteiger partial charge in [0.2, 0.25) is 0 Å². The van der Waals surface area contributed by atoms with Crippen LogP contribution in [-0.4, -0.2) is 72.0 Å². The summed E-state index contributed by atoms with van der Waals surface area (Å²) in [5.41, 5.74) is 8.42. The molecule has 3 aromatic carbocycles. The highest BCUT2D eigenvalue weighted by molar-refractivity contribution is 6.32. The van der Waals surface area contributed by atoms with Crippen LogP contribution in [0.2, 0.25) is 5.02 Å². The van der Waals surface area contributed by atoms with E-state index in [0.717, 1.165) is 38.9 Å². The topological polar surface area (TPSA) is 229 Å². The molecule has 0 aliphatic rings. The molecule has 0 saturated heterocycles. The summed E-state index contributed by atoms with van der Waals surface area (Å²) in [6.07, 6.45) is 6.05. The van der Waals surface area contributed by atoms with E-state index in [2.05, 4.69) is 20.6 Å². The number of nitrogens with zero attached hydrogens (tertiary/aromatic N) is 4. The molecule has 0 saturated carbocycles. The number of hydrogen-bond donors (Lipinski definition) is 6. The number of carboxylic acids is 2. The normalized spacial score (nSPS) is 12.1. The fraction of sp³-hybridized carbons (Fsp3) is 0.227. The number of halogens is 1. The second-order valence-electron chi connectivity index (χ2n) is 13.9. The van der Waals surface area contributed by atoms with E-state index in [1.807, 2.05) is 68.4 Å². The third-order valence-electron chi connectivity index (χ3n) is 10.0. The summed E-state index contributed by atoms with van der Waals surface area (Å²) in [4.78, 5) is 44.6. The van der Waals surface area contributed by atoms with Crippen molar-refractivity contribution in [1.82, 2.24) is 25.0 Å². The van der Waals surface area contributed by atoms with Crippen LogP contribution in [0, 0.1) is 25.2 Å². The maximum atomic E-state index is 13.2. The van der Waals surface area contributed by atoms with Gasteiger partial charge in [0, 0.05) is 55.1 Å². The van der Waals surface area contributed by atoms with Crippen molar-refractivity contribution in [3.05, 3.63) is 146 Å². The molecule has 0 aliphatic heterocycles. The summed E-state index contributed by atoms with van der Waals surface area (Å²) in [6.45, 7) is 2.92. The van der Waals surface area contributed by atoms with Gasteiger partial charge in [-0.25, -0.2) is 4.98 Å². The van der Waals surface area contributed by atoms with Gasteiger partial charge in [0.05, 0.1) is 29.4 Å². The number of nitriles is 1. The highest BCUT2D eigenvalue weighted by Crippen LogP contribution is 2.37. The molecule has 6 rings (SSSR count). The van der Waals surface area contributed by atoms with Crippen LogP contribution >= 0.6 is 11.6 Å². The van der Waals surface area contributed by atoms with Crippen LogP contribution in [0.15, 0.2) is 96.3 Å². The molecule has 0 amide bonds. The molecule has 2 atom stereocenters. The van der Waals surface area contributed by atoms with Gasteiger partial charge in [-0.2, -0.15) is 5.26 Å². The average Bonchev–Trinajstić information content (AvgIpc) is 3.24. The van der Waals surface area contributed by atoms with Crippen LogP contribution in [0.3, 0.4) is 0 Å². The first-order valence-corrected chi connectivity index (χ1v) is 19.0. The fourth-order valence-electron chi connectivity index (χ4n) is 6.60. The Morgan fingerprint density at radius 2 is 1.45 bits per heavy atom. The monoisotopic (exact) mass is 832 g/mol. The summed E-state index contributed by atoms with van der Waals surface area (Å²) >= 11 is 6.72. The molecule has 0 fully saturated rings. The first-order valence-electron chi connectivity index (χ1n) is 18.7. The average molecular weight is 833 g/mol. The summed E-state index contributed by atoms with van der Waals surface area (Å²) < 4.78 is 13.8. The largest absolute Gasteiger partial charge is 0.488 e. The predicted molar refractivity (Wildman–Crippen MR) is 222 cm³/mol. The van der Waals surface area contributed by atoms with Gasteiger partial charge in [-0.1, -0.05) is 48.0 Å². The number of rotatable bonds is 18. The summed E-state index contributed by atoms with van der Waals surface area (Å²) in [7, 11) is 0. The van der Waals surface area contributed by atoms with Crippen molar-refractivity contribution in [3.8, 4) is 39.8 Å². The second kappa shape index (κ2) is 19.4. The van der Waals surface area contributed by atoms with Crippen molar-refractivity contribution < 1.29 is 39.5 Å². The number of carbonyl (C=O) groups is 2. The summed E-state index contributed by atoms with van der Waals surface area (Å²) in [5.74, 6) is -1.77. The molecule has 15 nitrogen and oxygen atoms in total. The van der Waals surface area contributed by atoms with Gasteiger partial charge in [-0.15, -0.1) is 0 Å². The van der Waals surface area contributed by atoms with E-state index >= 15 is 0 Å². The number of nitrogens with one attached hydrogen (secondary N) is 2. The van der Waals surface area contributed by atoms with E-state index in [4.69, 9.17) is 21.1 Å². The molecule has 60 heavy (non-hydrogen) atoms. The Kier molecular flexibility index (Phi) is 13.9. The smallest absolute Gasteiger partial charge is 0.323 e. The van der Waals surface area contributed by atoms with Gasteiger partial charge in [0.15, 0.2) is 0 Å². The SMILES string of the molecule is Cc1c(COc2cc(OCc3cncc(C#N)c3)c(CNC(CO)C(=O)O)cc2Cl)cccc1-c1cccc(-c2ccn3c(=O)c(CNC(CO)C(=O)O)cnc3c2)c1C. The minimum absolute atomic E-state index is 0.0123.